The van der Waals surface area contributed by atoms with Crippen LogP contribution in [0.5, 0.6) is 0 Å². The molecule has 9 heavy (non-hydrogen) atoms. The van der Waals surface area contributed by atoms with E-state index in [2.05, 4.69) is 12.2 Å². The third-order valence-corrected chi connectivity index (χ3v) is 1.42. The zero-order valence-electron chi connectivity index (χ0n) is 6.55. The molecule has 1 aliphatic rings. The molecule has 0 aromatic heterocycles. The van der Waals surface area contributed by atoms with E-state index < -0.39 is 0 Å². The Balaban J connectivity index is 2.34. The van der Waals surface area contributed by atoms with Gasteiger partial charge in [0.1, 0.15) is 0 Å². The van der Waals surface area contributed by atoms with Crippen LogP contribution in [-0.2, 0) is 0 Å². The van der Waals surface area contributed by atoms with Gasteiger partial charge in [-0.15, -0.1) is 0 Å². The maximum atomic E-state index is 10.7. The summed E-state index contributed by atoms with van der Waals surface area (Å²) < 4.78 is 7.07. The highest BCUT2D eigenvalue weighted by Crippen LogP contribution is 1.98. The minimum atomic E-state index is -0.265. The Morgan fingerprint density at radius 1 is 2.00 bits per heavy atom. The van der Waals surface area contributed by atoms with Crippen molar-refractivity contribution in [2.24, 2.45) is 0 Å². The molecule has 3 nitrogen and oxygen atoms in total. The summed E-state index contributed by atoms with van der Waals surface area (Å²) in [5.74, 6) is 0. The molecular weight excluding hydrogens is 116 g/mol. The van der Waals surface area contributed by atoms with Crippen LogP contribution in [-0.4, -0.2) is 18.6 Å². The topological polar surface area (TPSA) is 41.1 Å². The molecule has 1 saturated heterocycles. The summed E-state index contributed by atoms with van der Waals surface area (Å²) in [6, 6.07) is -0.0616. The van der Waals surface area contributed by atoms with Gasteiger partial charge in [0.15, 0.2) is 1.41 Å². The lowest BCUT2D eigenvalue weighted by molar-refractivity contribution is 0.247. The summed E-state index contributed by atoms with van der Waals surface area (Å²) in [6.07, 6.45) is 2.03. The SMILES string of the molecule is [2H]N1CC(CCC)NC1=O. The molecule has 1 heterocycles. The molecule has 52 valence electrons. The molecule has 2 amide bonds. The fourth-order valence-electron chi connectivity index (χ4n) is 0.971. The van der Waals surface area contributed by atoms with Crippen LogP contribution < -0.4 is 10.6 Å². The van der Waals surface area contributed by atoms with Gasteiger partial charge in [0.25, 0.3) is 0 Å². The minimum Gasteiger partial charge on any atom is -0.336 e. The second-order valence-electron chi connectivity index (χ2n) is 2.28. The Labute approximate surface area is 56.3 Å². The Bertz CT molecular complexity index is 140. The van der Waals surface area contributed by atoms with E-state index in [9.17, 15) is 4.79 Å². The second-order valence-corrected chi connectivity index (χ2v) is 2.28. The Morgan fingerprint density at radius 2 is 2.78 bits per heavy atom. The van der Waals surface area contributed by atoms with E-state index in [0.717, 1.165) is 18.2 Å². The van der Waals surface area contributed by atoms with Gasteiger partial charge in [-0.1, -0.05) is 13.3 Å². The van der Waals surface area contributed by atoms with Gasteiger partial charge in [0.05, 0.1) is 0 Å². The number of urea groups is 1. The van der Waals surface area contributed by atoms with Crippen LogP contribution in [0.1, 0.15) is 19.8 Å². The van der Waals surface area contributed by atoms with Gasteiger partial charge in [0, 0.05) is 12.6 Å². The smallest absolute Gasteiger partial charge is 0.315 e. The van der Waals surface area contributed by atoms with Crippen LogP contribution >= 0.6 is 0 Å². The van der Waals surface area contributed by atoms with Crippen molar-refractivity contribution < 1.29 is 6.21 Å². The summed E-state index contributed by atoms with van der Waals surface area (Å²) in [6.45, 7) is 2.60. The summed E-state index contributed by atoms with van der Waals surface area (Å²) in [7, 11) is 0. The standard InChI is InChI=1S/C6H12N2O/c1-2-3-5-4-7-6(9)8-5/h5H,2-4H2,1H3,(H2,7,8,9)/i/hD. The third-order valence-electron chi connectivity index (χ3n) is 1.42. The summed E-state index contributed by atoms with van der Waals surface area (Å²) >= 11 is 0. The molecule has 1 rings (SSSR count). The first-order chi connectivity index (χ1) is 4.74. The molecule has 3 heteroatoms. The van der Waals surface area contributed by atoms with Crippen molar-refractivity contribution in [3.8, 4) is 0 Å². The average Bonchev–Trinajstić information content (AvgIpc) is 2.14. The first kappa shape index (κ1) is 5.09. The maximum absolute atomic E-state index is 10.7. The lowest BCUT2D eigenvalue weighted by atomic mass is 10.2. The number of hydrogen-bond donors (Lipinski definition) is 2. The van der Waals surface area contributed by atoms with Crippen molar-refractivity contribution in [3.05, 3.63) is 0 Å². The van der Waals surface area contributed by atoms with Crippen LogP contribution in [0.25, 0.3) is 0 Å². The zero-order valence-corrected chi connectivity index (χ0v) is 5.55. The molecular formula is C6H12N2O. The molecule has 0 radical (unpaired) electrons. The van der Waals surface area contributed by atoms with Gasteiger partial charge in [0.2, 0.25) is 0 Å². The highest BCUT2D eigenvalue weighted by molar-refractivity contribution is 5.76. The average molecular weight is 129 g/mol. The number of amides is 2. The van der Waals surface area contributed by atoms with Crippen molar-refractivity contribution in [2.45, 2.75) is 25.8 Å². The quantitative estimate of drug-likeness (QED) is 0.559. The van der Waals surface area contributed by atoms with Crippen LogP contribution in [0.2, 0.25) is 1.41 Å². The summed E-state index contributed by atoms with van der Waals surface area (Å²) in [4.78, 5) is 10.7. The molecule has 0 aromatic rings. The van der Waals surface area contributed by atoms with Gasteiger partial charge in [-0.2, -0.15) is 0 Å². The van der Waals surface area contributed by atoms with E-state index in [1.54, 1.807) is 0 Å². The van der Waals surface area contributed by atoms with E-state index in [4.69, 9.17) is 1.41 Å². The van der Waals surface area contributed by atoms with Crippen molar-refractivity contribution in [3.63, 3.8) is 0 Å². The zero-order chi connectivity index (χ0) is 7.56. The molecule has 0 aromatic carbocycles. The van der Waals surface area contributed by atoms with Gasteiger partial charge in [-0.25, -0.2) is 4.79 Å². The summed E-state index contributed by atoms with van der Waals surface area (Å²) in [5, 5.41) is 3.68. The molecule has 0 bridgehead atoms. The van der Waals surface area contributed by atoms with Crippen molar-refractivity contribution >= 4 is 6.03 Å². The minimum absolute atomic E-state index is 0.204. The number of nitrogens with one attached hydrogen (secondary N) is 2. The fraction of sp³-hybridized carbons (Fsp3) is 0.833. The molecule has 1 unspecified atom stereocenters. The van der Waals surface area contributed by atoms with Crippen LogP contribution in [0.3, 0.4) is 0 Å². The molecule has 1 atom stereocenters. The van der Waals surface area contributed by atoms with Gasteiger partial charge in [-0.05, 0) is 6.42 Å². The van der Waals surface area contributed by atoms with Crippen molar-refractivity contribution in [1.29, 1.82) is 0 Å². The van der Waals surface area contributed by atoms with Crippen LogP contribution in [0.15, 0.2) is 0 Å². The molecule has 0 spiro atoms. The van der Waals surface area contributed by atoms with Gasteiger partial charge in [-0.3, -0.25) is 0 Å². The molecule has 2 N–H and O–H groups in total. The number of carbonyl (C=O) groups excluding carboxylic acids is 1. The fourth-order valence-corrected chi connectivity index (χ4v) is 0.971. The molecule has 0 saturated carbocycles. The van der Waals surface area contributed by atoms with E-state index in [-0.39, 0.29) is 12.1 Å². The highest BCUT2D eigenvalue weighted by atomic mass is 16.2. The third kappa shape index (κ3) is 1.59. The Hall–Kier alpha value is -0.730. The summed E-state index contributed by atoms with van der Waals surface area (Å²) in [5.41, 5.74) is 0. The largest absolute Gasteiger partial charge is 0.336 e. The van der Waals surface area contributed by atoms with E-state index in [1.807, 2.05) is 0 Å². The van der Waals surface area contributed by atoms with Crippen LogP contribution in [0.4, 0.5) is 4.79 Å². The van der Waals surface area contributed by atoms with Crippen molar-refractivity contribution in [2.75, 3.05) is 6.54 Å². The van der Waals surface area contributed by atoms with E-state index in [0.29, 0.717) is 6.54 Å². The monoisotopic (exact) mass is 129 g/mol. The molecule has 1 fully saturated rings. The van der Waals surface area contributed by atoms with Gasteiger partial charge < -0.3 is 10.6 Å². The number of carbonyl (C=O) groups is 1. The van der Waals surface area contributed by atoms with Crippen molar-refractivity contribution in [1.82, 2.24) is 10.6 Å². The lowest BCUT2D eigenvalue weighted by Crippen LogP contribution is -2.26. The highest BCUT2D eigenvalue weighted by Gasteiger charge is 2.17. The second kappa shape index (κ2) is 2.71. The van der Waals surface area contributed by atoms with E-state index in [1.165, 1.54) is 0 Å². The Morgan fingerprint density at radius 3 is 3.22 bits per heavy atom. The Kier molecular flexibility index (Phi) is 1.53. The van der Waals surface area contributed by atoms with E-state index >= 15 is 0 Å². The normalized spacial score (nSPS) is 28.1. The van der Waals surface area contributed by atoms with Crippen LogP contribution in [0, 0.1) is 0 Å². The van der Waals surface area contributed by atoms with Gasteiger partial charge >= 0.3 is 6.03 Å². The number of rotatable bonds is 2. The number of hydrogen-bond acceptors (Lipinski definition) is 1. The molecule has 0 aliphatic carbocycles. The maximum Gasteiger partial charge on any atom is 0.315 e. The predicted molar refractivity (Wildman–Crippen MR) is 35.2 cm³/mol. The first-order valence-electron chi connectivity index (χ1n) is 3.75. The lowest BCUT2D eigenvalue weighted by Gasteiger charge is -2.03. The molecule has 1 aliphatic heterocycles. The predicted octanol–water partition coefficient (Wildman–Crippen LogP) is 0.468. The first-order valence-corrected chi connectivity index (χ1v) is 3.31.